The zero-order chi connectivity index (χ0) is 72.0. The molecule has 5 heterocycles. The van der Waals surface area contributed by atoms with Crippen molar-refractivity contribution in [2.45, 2.75) is 154 Å². The van der Waals surface area contributed by atoms with Gasteiger partial charge in [0.2, 0.25) is 0 Å². The molecule has 6 aromatic carbocycles. The zero-order valence-corrected chi connectivity index (χ0v) is 56.8. The molecule has 2 saturated carbocycles. The number of amides is 4. The maximum Gasteiger partial charge on any atom is 0.323 e. The van der Waals surface area contributed by atoms with Gasteiger partial charge >= 0.3 is 23.9 Å². The first-order chi connectivity index (χ1) is 49.0. The number of urea groups is 1. The van der Waals surface area contributed by atoms with Crippen molar-refractivity contribution in [1.29, 1.82) is 0 Å². The van der Waals surface area contributed by atoms with Crippen molar-refractivity contribution in [2.75, 3.05) is 0 Å². The summed E-state index contributed by atoms with van der Waals surface area (Å²) in [6.45, 7) is 7.27. The number of pyridine rings is 1. The molecule has 23 heteroatoms. The zero-order valence-electron chi connectivity index (χ0n) is 56.8. The molecule has 0 spiro atoms. The third kappa shape index (κ3) is 15.7. The number of carbonyl (C=O) groups excluding carboxylic acids is 3. The molecular weight excluding hydrogens is 1310 g/mol. The van der Waals surface area contributed by atoms with E-state index in [0.717, 1.165) is 135 Å². The molecule has 1 unspecified atom stereocenters. The minimum Gasteiger partial charge on any atom is -0.480 e. The highest BCUT2D eigenvalue weighted by molar-refractivity contribution is 6.05. The predicted octanol–water partition coefficient (Wildman–Crippen LogP) is 14.8. The Balaban J connectivity index is 0.000000144. The maximum atomic E-state index is 14.1. The number of benzene rings is 6. The lowest BCUT2D eigenvalue weighted by Gasteiger charge is -2.30. The van der Waals surface area contributed by atoms with Crippen LogP contribution >= 0.6 is 0 Å². The van der Waals surface area contributed by atoms with E-state index in [1.54, 1.807) is 57.2 Å². The smallest absolute Gasteiger partial charge is 0.323 e. The van der Waals surface area contributed by atoms with E-state index in [4.69, 9.17) is 0 Å². The molecule has 3 aliphatic rings. The molecule has 526 valence electrons. The molecule has 7 N–H and O–H groups in total. The summed E-state index contributed by atoms with van der Waals surface area (Å²) in [5.74, 6) is -4.15. The Labute approximate surface area is 584 Å². The number of allylic oxidation sites excluding steroid dienone is 1. The van der Waals surface area contributed by atoms with Crippen LogP contribution in [0.3, 0.4) is 0 Å². The van der Waals surface area contributed by atoms with Gasteiger partial charge < -0.3 is 50.3 Å². The molecule has 1 atom stereocenters. The van der Waals surface area contributed by atoms with E-state index in [1.165, 1.54) is 54.7 Å². The Morgan fingerprint density at radius 1 is 0.510 bits per heavy atom. The number of halogens is 4. The predicted molar refractivity (Wildman–Crippen MR) is 381 cm³/mol. The van der Waals surface area contributed by atoms with Crippen LogP contribution in [0.15, 0.2) is 146 Å². The minimum atomic E-state index is -0.959. The van der Waals surface area contributed by atoms with Crippen LogP contribution in [0, 0.1) is 51.0 Å². The number of aryl methyl sites for hydroxylation is 1. The second kappa shape index (κ2) is 30.7. The third-order valence-electron chi connectivity index (χ3n) is 20.1. The van der Waals surface area contributed by atoms with Gasteiger partial charge in [-0.1, -0.05) is 42.5 Å². The molecular formula is C79H78F4N10O9. The number of aliphatic carboxylic acids is 3. The van der Waals surface area contributed by atoms with Crippen LogP contribution < -0.4 is 21.3 Å². The Hall–Kier alpha value is -11.2. The largest absolute Gasteiger partial charge is 0.480 e. The topological polar surface area (TPSA) is 265 Å². The number of rotatable bonds is 16. The van der Waals surface area contributed by atoms with Gasteiger partial charge in [0.15, 0.2) is 0 Å². The van der Waals surface area contributed by atoms with Crippen LogP contribution in [0.5, 0.6) is 0 Å². The van der Waals surface area contributed by atoms with E-state index >= 15 is 0 Å². The first-order valence-corrected chi connectivity index (χ1v) is 34.2. The summed E-state index contributed by atoms with van der Waals surface area (Å²) in [5, 5.41) is 43.3. The standard InChI is InChI=1S/C27H26FN3O3.C26H27F2N3O3.C26H25FN4O3/c1-16-25(22-14-19(28)9-12-23(22)31(16)15-24(32)33)17-7-10-20(11-8-17)30-27(34)21-6-2-4-18-5-3-13-29-26(18)21;1-15-11-19(27)6-3-18(15)13-29-26(34)30-21-8-4-17(5-9-21)25-16(2)31(14-24(32)33)23-10-7-20(28)12-22(23)25;1-15-25(19-12-17(27)8-11-23(19)31(15)14-24(32)33)16-6-9-18(10-7-16)29-26(34)22-13-28-20-4-2-3-5-21(20)30-22/h2-6,9,12-14,17,20H,7-8,10-11,15H2,1H3,(H,30,34)(H,32,33);3-4,6-7,10-12,21H,5,8-9,13-14H2,1-2H3,(H,32,33)(H2,29,30,34);2-5,8,11-13,16,18H,6-7,9-10,14H2,1H3,(H,29,34)(H,32,33). The third-order valence-corrected chi connectivity index (χ3v) is 20.1. The number of hydrogen-bond donors (Lipinski definition) is 7. The molecule has 0 bridgehead atoms. The highest BCUT2D eigenvalue weighted by atomic mass is 19.1. The molecule has 4 amide bonds. The second-order valence-corrected chi connectivity index (χ2v) is 26.6. The van der Waals surface area contributed by atoms with Gasteiger partial charge in [-0.15, -0.1) is 0 Å². The van der Waals surface area contributed by atoms with Gasteiger partial charge in [-0.05, 0) is 229 Å². The average molecular weight is 1390 g/mol. The normalized spacial score (nSPS) is 17.5. The lowest BCUT2D eigenvalue weighted by Crippen LogP contribution is -2.42. The van der Waals surface area contributed by atoms with E-state index in [9.17, 15) is 61.6 Å². The van der Waals surface area contributed by atoms with Crippen molar-refractivity contribution < 1.29 is 61.6 Å². The van der Waals surface area contributed by atoms with Crippen LogP contribution in [0.1, 0.15) is 148 Å². The van der Waals surface area contributed by atoms with E-state index in [0.29, 0.717) is 59.0 Å². The summed E-state index contributed by atoms with van der Waals surface area (Å²) >= 11 is 0. The quantitative estimate of drug-likeness (QED) is 0.0446. The van der Waals surface area contributed by atoms with Crippen LogP contribution in [0.4, 0.5) is 22.4 Å². The van der Waals surface area contributed by atoms with Gasteiger partial charge in [-0.2, -0.15) is 0 Å². The van der Waals surface area contributed by atoms with E-state index in [1.807, 2.05) is 75.4 Å². The molecule has 5 aromatic heterocycles. The molecule has 2 fully saturated rings. The van der Waals surface area contributed by atoms with Crippen molar-refractivity contribution in [3.05, 3.63) is 225 Å². The molecule has 19 nitrogen and oxygen atoms in total. The Bertz CT molecular complexity index is 5090. The molecule has 0 radical (unpaired) electrons. The summed E-state index contributed by atoms with van der Waals surface area (Å²) in [7, 11) is 0. The molecule has 3 aliphatic carbocycles. The monoisotopic (exact) mass is 1390 g/mol. The summed E-state index contributed by atoms with van der Waals surface area (Å²) in [4.78, 5) is 85.5. The fraction of sp³-hybridized carbons (Fsp3) is 0.304. The number of fused-ring (bicyclic) bond motifs is 5. The van der Waals surface area contributed by atoms with Crippen LogP contribution in [-0.2, 0) is 40.6 Å². The van der Waals surface area contributed by atoms with Crippen molar-refractivity contribution in [3.8, 4) is 0 Å². The van der Waals surface area contributed by atoms with Crippen molar-refractivity contribution in [2.24, 2.45) is 0 Å². The Morgan fingerprint density at radius 2 is 1.02 bits per heavy atom. The summed E-state index contributed by atoms with van der Waals surface area (Å²) in [6.07, 6.45) is 13.7. The number of carboxylic acids is 3. The fourth-order valence-electron chi connectivity index (χ4n) is 15.3. The highest BCUT2D eigenvalue weighted by Crippen LogP contribution is 2.43. The van der Waals surface area contributed by atoms with E-state index in [2.05, 4.69) is 36.2 Å². The first-order valence-electron chi connectivity index (χ1n) is 34.2. The van der Waals surface area contributed by atoms with Gasteiger partial charge in [0, 0.05) is 91.6 Å². The lowest BCUT2D eigenvalue weighted by molar-refractivity contribution is -0.138. The summed E-state index contributed by atoms with van der Waals surface area (Å²) < 4.78 is 60.6. The van der Waals surface area contributed by atoms with Gasteiger partial charge in [0.1, 0.15) is 48.6 Å². The molecule has 0 saturated heterocycles. The van der Waals surface area contributed by atoms with Gasteiger partial charge in [-0.25, -0.2) is 27.3 Å². The van der Waals surface area contributed by atoms with E-state index < -0.39 is 17.9 Å². The SMILES string of the molecule is Cc1c(C2CCC(NC(=O)c3cccc4cccnc34)CC2)c2cc(F)ccc2n1CC(=O)O.Cc1c(C2CCC(NC(=O)c3cnc4ccccc4n3)CC2)c2cc(F)ccc2n1CC(=O)O.Cc1cc(F)ccc1CNC(=O)NC1CC=C(c2c(C)n(CC(=O)O)c3ccc(F)cc23)CC1. The van der Waals surface area contributed by atoms with Crippen molar-refractivity contribution >= 4 is 96.0 Å². The highest BCUT2D eigenvalue weighted by Gasteiger charge is 2.32. The summed E-state index contributed by atoms with van der Waals surface area (Å²) in [6, 6.07) is 34.5. The lowest BCUT2D eigenvalue weighted by atomic mass is 9.80. The van der Waals surface area contributed by atoms with Crippen LogP contribution in [0.2, 0.25) is 0 Å². The van der Waals surface area contributed by atoms with Gasteiger partial charge in [-0.3, -0.25) is 33.9 Å². The number of aromatic nitrogens is 6. The molecule has 14 rings (SSSR count). The number of para-hydroxylation sites is 3. The van der Waals surface area contributed by atoms with E-state index in [-0.39, 0.29) is 90.7 Å². The van der Waals surface area contributed by atoms with Crippen molar-refractivity contribution in [1.82, 2.24) is 49.9 Å². The summed E-state index contributed by atoms with van der Waals surface area (Å²) in [5.41, 5.74) is 13.2. The van der Waals surface area contributed by atoms with Gasteiger partial charge in [0.05, 0.1) is 28.3 Å². The van der Waals surface area contributed by atoms with Gasteiger partial charge in [0.25, 0.3) is 11.8 Å². The van der Waals surface area contributed by atoms with Crippen LogP contribution in [-0.4, -0.2) is 97.9 Å². The van der Waals surface area contributed by atoms with Crippen LogP contribution in [0.25, 0.3) is 60.2 Å². The fourth-order valence-corrected chi connectivity index (χ4v) is 15.3. The average Bonchev–Trinajstić information content (AvgIpc) is 1.62. The number of carboxylic acid groups (broad SMARTS) is 3. The first kappa shape index (κ1) is 70.6. The number of nitrogens with one attached hydrogen (secondary N) is 4. The minimum absolute atomic E-state index is 0.0152. The number of nitrogens with zero attached hydrogens (tertiary/aromatic N) is 6. The molecule has 11 aromatic rings. The maximum absolute atomic E-state index is 14.1. The number of carbonyl (C=O) groups is 6. The molecule has 102 heavy (non-hydrogen) atoms. The Kier molecular flexibility index (Phi) is 21.3. The number of hydrogen-bond acceptors (Lipinski definition) is 9. The Morgan fingerprint density at radius 3 is 1.57 bits per heavy atom. The van der Waals surface area contributed by atoms with Crippen molar-refractivity contribution in [3.63, 3.8) is 0 Å². The molecule has 0 aliphatic heterocycles. The second-order valence-electron chi connectivity index (χ2n) is 26.6.